The van der Waals surface area contributed by atoms with Crippen LogP contribution in [0.3, 0.4) is 0 Å². The average Bonchev–Trinajstić information content (AvgIpc) is 2.82. The summed E-state index contributed by atoms with van der Waals surface area (Å²) in [5.41, 5.74) is 10.1. The van der Waals surface area contributed by atoms with Gasteiger partial charge in [0, 0.05) is 17.1 Å². The van der Waals surface area contributed by atoms with Crippen molar-refractivity contribution in [2.24, 2.45) is 5.41 Å². The van der Waals surface area contributed by atoms with Crippen molar-refractivity contribution >= 4 is 50.1 Å². The van der Waals surface area contributed by atoms with Crippen molar-refractivity contribution in [3.63, 3.8) is 0 Å². The van der Waals surface area contributed by atoms with Gasteiger partial charge in [-0.1, -0.05) is 111 Å². The van der Waals surface area contributed by atoms with Crippen LogP contribution in [0.25, 0.3) is 12.2 Å². The molecule has 0 aliphatic heterocycles. The lowest BCUT2D eigenvalue weighted by molar-refractivity contribution is 0.504. The molecule has 0 aromatic heterocycles. The molecule has 0 spiro atoms. The molecule has 0 bridgehead atoms. The first-order valence-electron chi connectivity index (χ1n) is 12.3. The zero-order valence-corrected chi connectivity index (χ0v) is 21.9. The summed E-state index contributed by atoms with van der Waals surface area (Å²) in [6, 6.07) is 26.2. The van der Waals surface area contributed by atoms with Gasteiger partial charge in [0.05, 0.1) is 0 Å². The van der Waals surface area contributed by atoms with Gasteiger partial charge in [-0.15, -0.1) is 0 Å². The number of nitrogens with zero attached hydrogens (tertiary/aromatic N) is 1. The van der Waals surface area contributed by atoms with Crippen molar-refractivity contribution in [1.82, 2.24) is 0 Å². The second-order valence-electron chi connectivity index (χ2n) is 10.1. The Hall–Kier alpha value is -3.19. The first-order valence-corrected chi connectivity index (χ1v) is 12.3. The molecule has 0 aliphatic rings. The van der Waals surface area contributed by atoms with Crippen LogP contribution in [-0.4, -0.2) is 15.7 Å². The van der Waals surface area contributed by atoms with Gasteiger partial charge in [-0.2, -0.15) is 0 Å². The minimum absolute atomic E-state index is 0.162. The van der Waals surface area contributed by atoms with E-state index >= 15 is 0 Å². The Balaban J connectivity index is 1.96. The van der Waals surface area contributed by atoms with Crippen molar-refractivity contribution in [2.75, 3.05) is 4.90 Å². The van der Waals surface area contributed by atoms with Crippen molar-refractivity contribution in [3.8, 4) is 0 Å². The lowest BCUT2D eigenvalue weighted by atomic mass is 9.87. The molecular weight excluding hydrogens is 408 g/mol. The molecule has 0 amide bonds. The maximum atomic E-state index is 2.37. The lowest BCUT2D eigenvalue weighted by Crippen LogP contribution is -2.17. The van der Waals surface area contributed by atoms with Crippen molar-refractivity contribution in [1.29, 1.82) is 0 Å². The number of benzene rings is 3. The molecule has 3 aromatic rings. The molecule has 0 N–H and O–H groups in total. The van der Waals surface area contributed by atoms with Crippen LogP contribution in [0.4, 0.5) is 11.4 Å². The smallest absolute Gasteiger partial charge is 0.139 e. The third-order valence-electron chi connectivity index (χ3n) is 6.35. The van der Waals surface area contributed by atoms with Gasteiger partial charge in [0.15, 0.2) is 0 Å². The number of hydrogen-bond donors (Lipinski definition) is 0. The van der Waals surface area contributed by atoms with Gasteiger partial charge in [-0.3, -0.25) is 0 Å². The van der Waals surface area contributed by atoms with E-state index in [4.69, 9.17) is 0 Å². The Bertz CT molecular complexity index is 1160. The maximum Gasteiger partial charge on any atom is 0.139 e. The SMILES string of the molecule is Bc1ccc(/C=C/c2ccc(N(/C(=C/C=C(\C)C(C)(C)C)CC)c3ccc(B)cc3)cc2)cc1. The fourth-order valence-electron chi connectivity index (χ4n) is 3.60. The Morgan fingerprint density at radius 3 is 1.56 bits per heavy atom. The van der Waals surface area contributed by atoms with Crippen LogP contribution in [0.2, 0.25) is 0 Å². The molecule has 0 heterocycles. The molecule has 0 saturated carbocycles. The Kier molecular flexibility index (Phi) is 8.45. The van der Waals surface area contributed by atoms with Gasteiger partial charge in [0.2, 0.25) is 0 Å². The third-order valence-corrected chi connectivity index (χ3v) is 6.35. The van der Waals surface area contributed by atoms with Crippen LogP contribution >= 0.6 is 0 Å². The van der Waals surface area contributed by atoms with E-state index in [2.05, 4.69) is 152 Å². The van der Waals surface area contributed by atoms with Gasteiger partial charge < -0.3 is 4.90 Å². The second kappa shape index (κ2) is 11.3. The van der Waals surface area contributed by atoms with Gasteiger partial charge in [0.25, 0.3) is 0 Å². The van der Waals surface area contributed by atoms with Gasteiger partial charge in [-0.25, -0.2) is 0 Å². The summed E-state index contributed by atoms with van der Waals surface area (Å²) in [5.74, 6) is 0. The third kappa shape index (κ3) is 6.90. The predicted octanol–water partition coefficient (Wildman–Crippen LogP) is 5.80. The molecule has 0 radical (unpaired) electrons. The van der Waals surface area contributed by atoms with Gasteiger partial charge in [0.1, 0.15) is 15.7 Å². The lowest BCUT2D eigenvalue weighted by Gasteiger charge is -2.28. The molecule has 0 aliphatic carbocycles. The number of hydrogen-bond acceptors (Lipinski definition) is 1. The quantitative estimate of drug-likeness (QED) is 0.253. The van der Waals surface area contributed by atoms with Crippen LogP contribution < -0.4 is 15.8 Å². The summed E-state index contributed by atoms with van der Waals surface area (Å²) < 4.78 is 0. The normalized spacial score (nSPS) is 12.9. The van der Waals surface area contributed by atoms with Gasteiger partial charge >= 0.3 is 0 Å². The summed E-state index contributed by atoms with van der Waals surface area (Å²) in [7, 11) is 4.25. The van der Waals surface area contributed by atoms with E-state index in [0.29, 0.717) is 0 Å². The average molecular weight is 445 g/mol. The molecule has 0 atom stereocenters. The monoisotopic (exact) mass is 445 g/mol. The molecule has 3 rings (SSSR count). The molecule has 3 heteroatoms. The molecule has 1 nitrogen and oxygen atoms in total. The summed E-state index contributed by atoms with van der Waals surface area (Å²) >= 11 is 0. The van der Waals surface area contributed by atoms with E-state index in [9.17, 15) is 0 Å². The van der Waals surface area contributed by atoms with E-state index < -0.39 is 0 Å². The summed E-state index contributed by atoms with van der Waals surface area (Å²) in [6.07, 6.45) is 9.85. The molecule has 0 unspecified atom stereocenters. The van der Waals surface area contributed by atoms with E-state index in [-0.39, 0.29) is 5.41 Å². The highest BCUT2D eigenvalue weighted by Gasteiger charge is 2.15. The Morgan fingerprint density at radius 1 is 0.706 bits per heavy atom. The minimum atomic E-state index is 0.162. The Labute approximate surface area is 208 Å². The standard InChI is InChI=1S/C31H37B2N/c1-6-28(18-7-23(2)31(3,4)5)34(30-21-16-27(33)17-22-30)29-19-12-25(13-20-29)9-8-24-10-14-26(32)15-11-24/h7-22H,6,32-33H2,1-5H3/b9-8+,23-7+,28-18+. The molecule has 0 fully saturated rings. The maximum absolute atomic E-state index is 2.37. The molecule has 3 aromatic carbocycles. The van der Waals surface area contributed by atoms with Crippen LogP contribution in [0, 0.1) is 5.41 Å². The Morgan fingerprint density at radius 2 is 1.12 bits per heavy atom. The molecular formula is C31H37B2N. The van der Waals surface area contributed by atoms with Crippen LogP contribution in [-0.2, 0) is 0 Å². The highest BCUT2D eigenvalue weighted by Crippen LogP contribution is 2.32. The van der Waals surface area contributed by atoms with E-state index in [1.165, 1.54) is 44.7 Å². The summed E-state index contributed by atoms with van der Waals surface area (Å²) in [6.45, 7) is 11.2. The van der Waals surface area contributed by atoms with Crippen molar-refractivity contribution in [3.05, 3.63) is 107 Å². The number of rotatable bonds is 7. The van der Waals surface area contributed by atoms with Crippen LogP contribution in [0.1, 0.15) is 52.2 Å². The zero-order valence-electron chi connectivity index (χ0n) is 21.9. The highest BCUT2D eigenvalue weighted by molar-refractivity contribution is 6.32. The minimum Gasteiger partial charge on any atom is -0.314 e. The topological polar surface area (TPSA) is 3.24 Å². The summed E-state index contributed by atoms with van der Waals surface area (Å²) in [5, 5.41) is 0. The van der Waals surface area contributed by atoms with E-state index in [0.717, 1.165) is 6.42 Å². The van der Waals surface area contributed by atoms with Gasteiger partial charge in [-0.05, 0) is 60.2 Å². The first-order chi connectivity index (χ1) is 16.2. The zero-order chi connectivity index (χ0) is 24.7. The second-order valence-corrected chi connectivity index (χ2v) is 10.1. The molecule has 34 heavy (non-hydrogen) atoms. The predicted molar refractivity (Wildman–Crippen MR) is 158 cm³/mol. The van der Waals surface area contributed by atoms with Crippen LogP contribution in [0.15, 0.2) is 96.2 Å². The molecule has 172 valence electrons. The largest absolute Gasteiger partial charge is 0.314 e. The first kappa shape index (κ1) is 25.4. The van der Waals surface area contributed by atoms with E-state index in [1.54, 1.807) is 0 Å². The van der Waals surface area contributed by atoms with Crippen molar-refractivity contribution < 1.29 is 0 Å². The fourth-order valence-corrected chi connectivity index (χ4v) is 3.60. The fraction of sp³-hybridized carbons (Fsp3) is 0.226. The number of anilines is 2. The van der Waals surface area contributed by atoms with Crippen molar-refractivity contribution in [2.45, 2.75) is 41.0 Å². The summed E-state index contributed by atoms with van der Waals surface area (Å²) in [4.78, 5) is 2.37. The molecule has 0 saturated heterocycles. The number of allylic oxidation sites excluding steroid dienone is 4. The van der Waals surface area contributed by atoms with E-state index in [1.807, 2.05) is 0 Å². The van der Waals surface area contributed by atoms with Crippen LogP contribution in [0.5, 0.6) is 0 Å². The highest BCUT2D eigenvalue weighted by atomic mass is 15.1.